The van der Waals surface area contributed by atoms with Crippen LogP contribution < -0.4 is 4.74 Å². The topological polar surface area (TPSA) is 58.2 Å². The highest BCUT2D eigenvalue weighted by Crippen LogP contribution is 2.21. The van der Waals surface area contributed by atoms with Crippen LogP contribution in [0, 0.1) is 13.8 Å². The van der Waals surface area contributed by atoms with Gasteiger partial charge in [0.05, 0.1) is 5.56 Å². The molecule has 3 rings (SSSR count). The summed E-state index contributed by atoms with van der Waals surface area (Å²) < 4.78 is 5.97. The molecule has 0 aromatic carbocycles. The van der Waals surface area contributed by atoms with Crippen molar-refractivity contribution in [1.29, 1.82) is 0 Å². The number of aromatic nitrogens is 2. The van der Waals surface area contributed by atoms with Gasteiger partial charge in [-0.05, 0) is 25.5 Å². The van der Waals surface area contributed by atoms with Crippen molar-refractivity contribution in [2.75, 3.05) is 13.1 Å². The van der Waals surface area contributed by atoms with E-state index in [2.05, 4.69) is 9.97 Å². The van der Waals surface area contributed by atoms with E-state index in [4.69, 9.17) is 4.74 Å². The molecule has 5 nitrogen and oxygen atoms in total. The van der Waals surface area contributed by atoms with Gasteiger partial charge in [0.25, 0.3) is 5.91 Å². The normalized spacial score (nSPS) is 15.8. The van der Waals surface area contributed by atoms with Crippen molar-refractivity contribution >= 4 is 5.91 Å². The number of aromatic amines is 1. The Morgan fingerprint density at radius 2 is 2.05 bits per heavy atom. The number of amides is 1. The SMILES string of the molecule is Cc1c[nH]cc1C(=O)N1CCC(Oc2ncccc2C)CC1. The van der Waals surface area contributed by atoms with E-state index in [1.807, 2.05) is 37.1 Å². The highest BCUT2D eigenvalue weighted by molar-refractivity contribution is 5.95. The van der Waals surface area contributed by atoms with E-state index in [1.165, 1.54) is 0 Å². The predicted octanol–water partition coefficient (Wildman–Crippen LogP) is 2.71. The van der Waals surface area contributed by atoms with Gasteiger partial charge < -0.3 is 14.6 Å². The Hall–Kier alpha value is -2.30. The highest BCUT2D eigenvalue weighted by Gasteiger charge is 2.26. The molecule has 0 radical (unpaired) electrons. The maximum absolute atomic E-state index is 12.5. The number of H-pyrrole nitrogens is 1. The molecule has 3 heterocycles. The third-order valence-electron chi connectivity index (χ3n) is 4.15. The fourth-order valence-electron chi connectivity index (χ4n) is 2.77. The summed E-state index contributed by atoms with van der Waals surface area (Å²) in [5.41, 5.74) is 2.80. The Kier molecular flexibility index (Phi) is 4.13. The molecule has 0 spiro atoms. The summed E-state index contributed by atoms with van der Waals surface area (Å²) in [5, 5.41) is 0. The van der Waals surface area contributed by atoms with Crippen molar-refractivity contribution in [3.8, 4) is 5.88 Å². The molecular formula is C17H21N3O2. The molecule has 1 aliphatic rings. The molecule has 0 unspecified atom stereocenters. The summed E-state index contributed by atoms with van der Waals surface area (Å²) in [6, 6.07) is 3.90. The molecule has 116 valence electrons. The lowest BCUT2D eigenvalue weighted by atomic mass is 10.1. The van der Waals surface area contributed by atoms with E-state index >= 15 is 0 Å². The predicted molar refractivity (Wildman–Crippen MR) is 84.1 cm³/mol. The van der Waals surface area contributed by atoms with Gasteiger partial charge in [0, 0.05) is 50.1 Å². The van der Waals surface area contributed by atoms with Crippen LogP contribution in [0.15, 0.2) is 30.7 Å². The Morgan fingerprint density at radius 3 is 2.68 bits per heavy atom. The van der Waals surface area contributed by atoms with Crippen LogP contribution in [0.1, 0.15) is 34.3 Å². The van der Waals surface area contributed by atoms with Crippen molar-refractivity contribution in [2.24, 2.45) is 0 Å². The molecule has 0 aliphatic carbocycles. The van der Waals surface area contributed by atoms with Crippen LogP contribution in [0.5, 0.6) is 5.88 Å². The second-order valence-corrected chi connectivity index (χ2v) is 5.79. The van der Waals surface area contributed by atoms with E-state index in [9.17, 15) is 4.79 Å². The Labute approximate surface area is 130 Å². The molecule has 2 aromatic rings. The lowest BCUT2D eigenvalue weighted by molar-refractivity contribution is 0.0586. The monoisotopic (exact) mass is 299 g/mol. The van der Waals surface area contributed by atoms with E-state index in [0.29, 0.717) is 5.88 Å². The molecule has 22 heavy (non-hydrogen) atoms. The molecule has 0 saturated carbocycles. The van der Waals surface area contributed by atoms with Gasteiger partial charge in [-0.25, -0.2) is 4.98 Å². The molecule has 1 saturated heterocycles. The van der Waals surface area contributed by atoms with Crippen molar-refractivity contribution in [1.82, 2.24) is 14.9 Å². The van der Waals surface area contributed by atoms with Gasteiger partial charge in [0.2, 0.25) is 5.88 Å². The van der Waals surface area contributed by atoms with E-state index in [-0.39, 0.29) is 12.0 Å². The number of likely N-dealkylation sites (tertiary alicyclic amines) is 1. The average Bonchev–Trinajstić information content (AvgIpc) is 2.96. The zero-order chi connectivity index (χ0) is 15.5. The second kappa shape index (κ2) is 6.22. The van der Waals surface area contributed by atoms with Gasteiger partial charge in [0.15, 0.2) is 0 Å². The maximum atomic E-state index is 12.5. The number of rotatable bonds is 3. The largest absolute Gasteiger partial charge is 0.474 e. The molecule has 1 aliphatic heterocycles. The number of ether oxygens (including phenoxy) is 1. The smallest absolute Gasteiger partial charge is 0.255 e. The zero-order valence-electron chi connectivity index (χ0n) is 13.0. The quantitative estimate of drug-likeness (QED) is 0.948. The van der Waals surface area contributed by atoms with Gasteiger partial charge >= 0.3 is 0 Å². The lowest BCUT2D eigenvalue weighted by Crippen LogP contribution is -2.42. The minimum Gasteiger partial charge on any atom is -0.474 e. The Bertz CT molecular complexity index is 657. The van der Waals surface area contributed by atoms with Crippen molar-refractivity contribution in [3.63, 3.8) is 0 Å². The maximum Gasteiger partial charge on any atom is 0.255 e. The first-order chi connectivity index (χ1) is 10.6. The van der Waals surface area contributed by atoms with Crippen LogP contribution in [0.3, 0.4) is 0 Å². The number of nitrogens with one attached hydrogen (secondary N) is 1. The molecule has 1 fully saturated rings. The summed E-state index contributed by atoms with van der Waals surface area (Å²) in [6.45, 7) is 5.39. The number of hydrogen-bond donors (Lipinski definition) is 1. The Morgan fingerprint density at radius 1 is 1.27 bits per heavy atom. The van der Waals surface area contributed by atoms with Crippen molar-refractivity contribution < 1.29 is 9.53 Å². The average molecular weight is 299 g/mol. The number of pyridine rings is 1. The fourth-order valence-corrected chi connectivity index (χ4v) is 2.77. The van der Waals surface area contributed by atoms with E-state index < -0.39 is 0 Å². The van der Waals surface area contributed by atoms with Crippen LogP contribution in [-0.4, -0.2) is 40.0 Å². The zero-order valence-corrected chi connectivity index (χ0v) is 13.0. The third-order valence-corrected chi connectivity index (χ3v) is 4.15. The molecule has 0 bridgehead atoms. The van der Waals surface area contributed by atoms with Crippen LogP contribution in [0.25, 0.3) is 0 Å². The van der Waals surface area contributed by atoms with Gasteiger partial charge in [0.1, 0.15) is 6.10 Å². The second-order valence-electron chi connectivity index (χ2n) is 5.79. The molecule has 2 aromatic heterocycles. The van der Waals surface area contributed by atoms with E-state index in [0.717, 1.165) is 42.6 Å². The van der Waals surface area contributed by atoms with Crippen molar-refractivity contribution in [3.05, 3.63) is 47.4 Å². The van der Waals surface area contributed by atoms with Gasteiger partial charge in [-0.3, -0.25) is 4.79 Å². The molecule has 1 N–H and O–H groups in total. The van der Waals surface area contributed by atoms with Gasteiger partial charge in [-0.15, -0.1) is 0 Å². The van der Waals surface area contributed by atoms with E-state index in [1.54, 1.807) is 12.4 Å². The summed E-state index contributed by atoms with van der Waals surface area (Å²) in [5.74, 6) is 0.806. The first kappa shape index (κ1) is 14.6. The van der Waals surface area contributed by atoms with Gasteiger partial charge in [-0.2, -0.15) is 0 Å². The summed E-state index contributed by atoms with van der Waals surface area (Å²) in [7, 11) is 0. The Balaban J connectivity index is 1.58. The number of piperidine rings is 1. The van der Waals surface area contributed by atoms with Crippen LogP contribution >= 0.6 is 0 Å². The summed E-state index contributed by atoms with van der Waals surface area (Å²) in [6.07, 6.45) is 7.18. The first-order valence-electron chi connectivity index (χ1n) is 7.66. The minimum absolute atomic E-state index is 0.103. The number of carbonyl (C=O) groups excluding carboxylic acids is 1. The molecular weight excluding hydrogens is 278 g/mol. The van der Waals surface area contributed by atoms with Crippen LogP contribution in [-0.2, 0) is 0 Å². The molecule has 0 atom stereocenters. The summed E-state index contributed by atoms with van der Waals surface area (Å²) >= 11 is 0. The number of hydrogen-bond acceptors (Lipinski definition) is 3. The summed E-state index contributed by atoms with van der Waals surface area (Å²) in [4.78, 5) is 21.6. The third kappa shape index (κ3) is 2.98. The molecule has 5 heteroatoms. The highest BCUT2D eigenvalue weighted by atomic mass is 16.5. The van der Waals surface area contributed by atoms with Crippen LogP contribution in [0.2, 0.25) is 0 Å². The van der Waals surface area contributed by atoms with Crippen LogP contribution in [0.4, 0.5) is 0 Å². The molecule has 1 amide bonds. The van der Waals surface area contributed by atoms with Gasteiger partial charge in [-0.1, -0.05) is 6.07 Å². The minimum atomic E-state index is 0.103. The number of nitrogens with zero attached hydrogens (tertiary/aromatic N) is 2. The lowest BCUT2D eigenvalue weighted by Gasteiger charge is -2.32. The fraction of sp³-hybridized carbons (Fsp3) is 0.412. The standard InChI is InChI=1S/C17H21N3O2/c1-12-4-3-7-19-16(12)22-14-5-8-20(9-6-14)17(21)15-11-18-10-13(15)2/h3-4,7,10-11,14,18H,5-6,8-9H2,1-2H3. The first-order valence-corrected chi connectivity index (χ1v) is 7.66. The number of carbonyl (C=O) groups is 1. The number of aryl methyl sites for hydroxylation is 2. The van der Waals surface area contributed by atoms with Crippen molar-refractivity contribution in [2.45, 2.75) is 32.8 Å².